The summed E-state index contributed by atoms with van der Waals surface area (Å²) in [5.41, 5.74) is 5.30. The first kappa shape index (κ1) is 13.7. The zero-order chi connectivity index (χ0) is 13.0. The molecule has 2 rings (SSSR count). The van der Waals surface area contributed by atoms with Gasteiger partial charge in [0, 0.05) is 45.8 Å². The number of aliphatic hydroxyl groups excluding tert-OH is 1. The molecular formula is C12H24N4O2. The van der Waals surface area contributed by atoms with Gasteiger partial charge in [0.1, 0.15) is 0 Å². The highest BCUT2D eigenvalue weighted by molar-refractivity contribution is 5.77. The number of nitrogens with zero attached hydrogens (tertiary/aromatic N) is 2. The number of rotatable bonds is 5. The van der Waals surface area contributed by atoms with Gasteiger partial charge in [0.2, 0.25) is 5.91 Å². The van der Waals surface area contributed by atoms with Crippen molar-refractivity contribution in [1.82, 2.24) is 15.1 Å². The van der Waals surface area contributed by atoms with Gasteiger partial charge in [0.05, 0.1) is 12.0 Å². The molecule has 2 aliphatic rings. The quantitative estimate of drug-likeness (QED) is 0.533. The molecule has 2 aliphatic heterocycles. The number of aliphatic hydroxyl groups is 1. The van der Waals surface area contributed by atoms with E-state index in [0.29, 0.717) is 13.1 Å². The van der Waals surface area contributed by atoms with Crippen LogP contribution in [0.1, 0.15) is 6.42 Å². The highest BCUT2D eigenvalue weighted by atomic mass is 16.3. The highest BCUT2D eigenvalue weighted by Gasteiger charge is 2.28. The average molecular weight is 256 g/mol. The van der Waals surface area contributed by atoms with E-state index in [2.05, 4.69) is 15.1 Å². The Morgan fingerprint density at radius 2 is 1.94 bits per heavy atom. The van der Waals surface area contributed by atoms with E-state index in [9.17, 15) is 9.90 Å². The SMILES string of the molecule is NC(=O)C1CCN(CC(O)CN2CCNCC2)C1. The summed E-state index contributed by atoms with van der Waals surface area (Å²) in [5, 5.41) is 13.4. The minimum absolute atomic E-state index is 0.0311. The van der Waals surface area contributed by atoms with Crippen LogP contribution in [0.4, 0.5) is 0 Å². The lowest BCUT2D eigenvalue weighted by Crippen LogP contribution is -2.48. The lowest BCUT2D eigenvalue weighted by Gasteiger charge is -2.30. The number of β-amino-alcohol motifs (C(OH)–C–C–N with tert-alkyl or cyclic N) is 1. The summed E-state index contributed by atoms with van der Waals surface area (Å²) in [4.78, 5) is 15.5. The van der Waals surface area contributed by atoms with Crippen LogP contribution in [0.5, 0.6) is 0 Å². The monoisotopic (exact) mass is 256 g/mol. The van der Waals surface area contributed by atoms with Crippen molar-refractivity contribution in [3.05, 3.63) is 0 Å². The fourth-order valence-corrected chi connectivity index (χ4v) is 2.78. The number of nitrogens with one attached hydrogen (secondary N) is 1. The number of hydrogen-bond acceptors (Lipinski definition) is 5. The first-order valence-corrected chi connectivity index (χ1v) is 6.78. The van der Waals surface area contributed by atoms with Crippen LogP contribution in [0.2, 0.25) is 0 Å². The fraction of sp³-hybridized carbons (Fsp3) is 0.917. The lowest BCUT2D eigenvalue weighted by atomic mass is 10.1. The Bertz CT molecular complexity index is 281. The van der Waals surface area contributed by atoms with Gasteiger partial charge in [0.15, 0.2) is 0 Å². The third-order valence-electron chi connectivity index (χ3n) is 3.82. The molecule has 2 atom stereocenters. The Morgan fingerprint density at radius 1 is 1.28 bits per heavy atom. The summed E-state index contributed by atoms with van der Waals surface area (Å²) in [6.07, 6.45) is 0.491. The van der Waals surface area contributed by atoms with Crippen LogP contribution >= 0.6 is 0 Å². The number of carbonyl (C=O) groups excluding carboxylic acids is 1. The van der Waals surface area contributed by atoms with Gasteiger partial charge in [-0.2, -0.15) is 0 Å². The minimum atomic E-state index is -0.338. The molecule has 4 N–H and O–H groups in total. The van der Waals surface area contributed by atoms with Crippen LogP contribution in [0.15, 0.2) is 0 Å². The number of amides is 1. The normalized spacial score (nSPS) is 28.4. The molecular weight excluding hydrogens is 232 g/mol. The summed E-state index contributed by atoms with van der Waals surface area (Å²) >= 11 is 0. The first-order chi connectivity index (χ1) is 8.65. The zero-order valence-corrected chi connectivity index (χ0v) is 10.8. The molecule has 18 heavy (non-hydrogen) atoms. The number of nitrogens with two attached hydrogens (primary N) is 1. The van der Waals surface area contributed by atoms with Gasteiger partial charge >= 0.3 is 0 Å². The van der Waals surface area contributed by atoms with E-state index < -0.39 is 0 Å². The number of likely N-dealkylation sites (tertiary alicyclic amines) is 1. The van der Waals surface area contributed by atoms with E-state index in [1.165, 1.54) is 0 Å². The van der Waals surface area contributed by atoms with Crippen molar-refractivity contribution in [3.8, 4) is 0 Å². The largest absolute Gasteiger partial charge is 0.390 e. The summed E-state index contributed by atoms with van der Waals surface area (Å²) in [5.74, 6) is -0.245. The van der Waals surface area contributed by atoms with Gasteiger partial charge in [-0.3, -0.25) is 14.6 Å². The second kappa shape index (κ2) is 6.47. The average Bonchev–Trinajstić information content (AvgIpc) is 2.78. The summed E-state index contributed by atoms with van der Waals surface area (Å²) in [6.45, 7) is 6.94. The maximum atomic E-state index is 11.1. The highest BCUT2D eigenvalue weighted by Crippen LogP contribution is 2.15. The second-order valence-corrected chi connectivity index (χ2v) is 5.35. The van der Waals surface area contributed by atoms with E-state index in [0.717, 1.165) is 45.7 Å². The summed E-state index contributed by atoms with van der Waals surface area (Å²) in [6, 6.07) is 0. The Labute approximate surface area is 108 Å². The molecule has 0 aliphatic carbocycles. The van der Waals surface area contributed by atoms with Crippen molar-refractivity contribution in [2.45, 2.75) is 12.5 Å². The Hall–Kier alpha value is -0.690. The van der Waals surface area contributed by atoms with Crippen LogP contribution < -0.4 is 11.1 Å². The van der Waals surface area contributed by atoms with Crippen LogP contribution in [0.3, 0.4) is 0 Å². The molecule has 2 saturated heterocycles. The Balaban J connectivity index is 1.68. The number of carbonyl (C=O) groups is 1. The smallest absolute Gasteiger partial charge is 0.221 e. The number of hydrogen-bond donors (Lipinski definition) is 3. The van der Waals surface area contributed by atoms with Crippen molar-refractivity contribution in [3.63, 3.8) is 0 Å². The summed E-state index contributed by atoms with van der Waals surface area (Å²) < 4.78 is 0. The van der Waals surface area contributed by atoms with Crippen molar-refractivity contribution in [2.75, 3.05) is 52.4 Å². The van der Waals surface area contributed by atoms with Crippen LogP contribution in [0.25, 0.3) is 0 Å². The van der Waals surface area contributed by atoms with Crippen molar-refractivity contribution in [1.29, 1.82) is 0 Å². The molecule has 2 unspecified atom stereocenters. The third-order valence-corrected chi connectivity index (χ3v) is 3.82. The van der Waals surface area contributed by atoms with Gasteiger partial charge < -0.3 is 16.2 Å². The molecule has 0 bridgehead atoms. The van der Waals surface area contributed by atoms with Crippen molar-refractivity contribution >= 4 is 5.91 Å². The maximum absolute atomic E-state index is 11.1. The molecule has 0 radical (unpaired) electrons. The first-order valence-electron chi connectivity index (χ1n) is 6.78. The fourth-order valence-electron chi connectivity index (χ4n) is 2.78. The van der Waals surface area contributed by atoms with E-state index in [1.807, 2.05) is 0 Å². The van der Waals surface area contributed by atoms with Crippen LogP contribution in [-0.4, -0.2) is 79.3 Å². The van der Waals surface area contributed by atoms with Crippen molar-refractivity contribution < 1.29 is 9.90 Å². The van der Waals surface area contributed by atoms with Gasteiger partial charge in [-0.15, -0.1) is 0 Å². The molecule has 2 fully saturated rings. The molecule has 6 nitrogen and oxygen atoms in total. The molecule has 0 saturated carbocycles. The van der Waals surface area contributed by atoms with Gasteiger partial charge in [0.25, 0.3) is 0 Å². The van der Waals surface area contributed by atoms with Gasteiger partial charge in [-0.25, -0.2) is 0 Å². The third kappa shape index (κ3) is 3.91. The number of piperazine rings is 1. The van der Waals surface area contributed by atoms with Crippen molar-refractivity contribution in [2.24, 2.45) is 11.7 Å². The Morgan fingerprint density at radius 3 is 2.56 bits per heavy atom. The molecule has 0 aromatic rings. The molecule has 0 aromatic heterocycles. The maximum Gasteiger partial charge on any atom is 0.221 e. The molecule has 2 heterocycles. The van der Waals surface area contributed by atoms with E-state index in [-0.39, 0.29) is 17.9 Å². The molecule has 0 aromatic carbocycles. The molecule has 6 heteroatoms. The topological polar surface area (TPSA) is 81.8 Å². The molecule has 104 valence electrons. The Kier molecular flexibility index (Phi) is 4.94. The predicted octanol–water partition coefficient (Wildman–Crippen LogP) is -1.94. The summed E-state index contributed by atoms with van der Waals surface area (Å²) in [7, 11) is 0. The lowest BCUT2D eigenvalue weighted by molar-refractivity contribution is -0.121. The minimum Gasteiger partial charge on any atom is -0.390 e. The second-order valence-electron chi connectivity index (χ2n) is 5.35. The standard InChI is InChI=1S/C12H24N4O2/c13-12(18)10-1-4-16(7-10)9-11(17)8-15-5-2-14-3-6-15/h10-11,14,17H,1-9H2,(H2,13,18). The van der Waals surface area contributed by atoms with E-state index >= 15 is 0 Å². The predicted molar refractivity (Wildman–Crippen MR) is 69.1 cm³/mol. The van der Waals surface area contributed by atoms with E-state index in [4.69, 9.17) is 5.73 Å². The van der Waals surface area contributed by atoms with Crippen LogP contribution in [0, 0.1) is 5.92 Å². The van der Waals surface area contributed by atoms with Gasteiger partial charge in [-0.1, -0.05) is 0 Å². The zero-order valence-electron chi connectivity index (χ0n) is 10.8. The van der Waals surface area contributed by atoms with E-state index in [1.54, 1.807) is 0 Å². The number of primary amides is 1. The molecule has 1 amide bonds. The molecule has 0 spiro atoms. The van der Waals surface area contributed by atoms with Gasteiger partial charge in [-0.05, 0) is 13.0 Å². The van der Waals surface area contributed by atoms with Crippen LogP contribution in [-0.2, 0) is 4.79 Å².